The summed E-state index contributed by atoms with van der Waals surface area (Å²) in [5.41, 5.74) is -0.560. The first-order valence-electron chi connectivity index (χ1n) is 6.88. The summed E-state index contributed by atoms with van der Waals surface area (Å²) >= 11 is 0. The second kappa shape index (κ2) is 5.68. The first kappa shape index (κ1) is 13.3. The van der Waals surface area contributed by atoms with Gasteiger partial charge < -0.3 is 9.47 Å². The molecule has 0 spiro atoms. The van der Waals surface area contributed by atoms with Crippen LogP contribution in [0.4, 0.5) is 0 Å². The van der Waals surface area contributed by atoms with E-state index in [1.807, 2.05) is 13.8 Å². The summed E-state index contributed by atoms with van der Waals surface area (Å²) in [5.74, 6) is 2.51. The van der Waals surface area contributed by atoms with Crippen LogP contribution in [0, 0.1) is 17.8 Å². The third-order valence-electron chi connectivity index (χ3n) is 4.02. The molecule has 0 aromatic carbocycles. The van der Waals surface area contributed by atoms with E-state index in [1.165, 1.54) is 19.3 Å². The average molecular weight is 251 g/mol. The van der Waals surface area contributed by atoms with Gasteiger partial charge in [0.05, 0.1) is 0 Å². The summed E-state index contributed by atoms with van der Waals surface area (Å²) in [6.45, 7) is 5.38. The van der Waals surface area contributed by atoms with Crippen molar-refractivity contribution >= 4 is 10.2 Å². The summed E-state index contributed by atoms with van der Waals surface area (Å²) < 4.78 is 11.4. The average Bonchev–Trinajstić information content (AvgIpc) is 2.89. The minimum Gasteiger partial charge on any atom is -0.355 e. The summed E-state index contributed by atoms with van der Waals surface area (Å²) in [6.07, 6.45) is 9.68. The molecule has 0 aliphatic heterocycles. The van der Waals surface area contributed by atoms with Crippen molar-refractivity contribution in [3.63, 3.8) is 0 Å². The second-order valence-electron chi connectivity index (χ2n) is 5.20. The van der Waals surface area contributed by atoms with Gasteiger partial charge in [-0.2, -0.15) is 0 Å². The summed E-state index contributed by atoms with van der Waals surface area (Å²) in [5, 5.41) is 0. The molecule has 1 saturated carbocycles. The quantitative estimate of drug-likeness (QED) is 0.393. The molecule has 3 atom stereocenters. The minimum absolute atomic E-state index is 0.560. The van der Waals surface area contributed by atoms with Gasteiger partial charge in [0.1, 0.15) is 15.7 Å². The lowest BCUT2D eigenvalue weighted by molar-refractivity contribution is -0.178. The van der Waals surface area contributed by atoms with E-state index in [2.05, 4.69) is 22.4 Å². The third kappa shape index (κ3) is 3.21. The second-order valence-corrected chi connectivity index (χ2v) is 5.96. The van der Waals surface area contributed by atoms with E-state index in [-0.39, 0.29) is 0 Å². The van der Waals surface area contributed by atoms with Crippen molar-refractivity contribution in [2.24, 2.45) is 17.8 Å². The summed E-state index contributed by atoms with van der Waals surface area (Å²) in [6, 6.07) is 0. The third-order valence-corrected chi connectivity index (χ3v) is 4.55. The van der Waals surface area contributed by atoms with E-state index in [0.29, 0.717) is 13.2 Å². The fourth-order valence-corrected chi connectivity index (χ4v) is 3.69. The maximum Gasteiger partial charge on any atom is 0.144 e. The molecule has 95 valence electrons. The predicted octanol–water partition coefficient (Wildman–Crippen LogP) is 2.87. The van der Waals surface area contributed by atoms with Crippen LogP contribution >= 0.6 is 0 Å². The van der Waals surface area contributed by atoms with Crippen LogP contribution in [0.25, 0.3) is 0 Å². The summed E-state index contributed by atoms with van der Waals surface area (Å²) in [4.78, 5) is 0. The molecule has 2 aliphatic rings. The van der Waals surface area contributed by atoms with Gasteiger partial charge in [0.25, 0.3) is 0 Å². The zero-order valence-corrected chi connectivity index (χ0v) is 11.9. The molecule has 0 amide bonds. The van der Waals surface area contributed by atoms with Crippen molar-refractivity contribution in [3.05, 3.63) is 12.2 Å². The number of fused-ring (bicyclic) bond motifs is 2. The fraction of sp³-hybridized carbons (Fsp3) is 0.857. The van der Waals surface area contributed by atoms with Crippen LogP contribution in [0.15, 0.2) is 12.2 Å². The van der Waals surface area contributed by atoms with Crippen LogP contribution < -0.4 is 0 Å². The van der Waals surface area contributed by atoms with E-state index in [1.54, 1.807) is 0 Å². The highest BCUT2D eigenvalue weighted by Crippen LogP contribution is 2.45. The molecule has 2 aliphatic carbocycles. The molecule has 1 fully saturated rings. The van der Waals surface area contributed by atoms with Gasteiger partial charge >= 0.3 is 0 Å². The molecule has 2 bridgehead atoms. The highest BCUT2D eigenvalue weighted by molar-refractivity contribution is 6.13. The molecular formula is C14H23O2Si. The molecule has 3 unspecified atom stereocenters. The topological polar surface area (TPSA) is 18.5 Å². The molecular weight excluding hydrogens is 228 g/mol. The van der Waals surface area contributed by atoms with E-state index in [9.17, 15) is 0 Å². The van der Waals surface area contributed by atoms with Gasteiger partial charge in [-0.1, -0.05) is 12.2 Å². The van der Waals surface area contributed by atoms with Crippen LogP contribution in [0.1, 0.15) is 39.5 Å². The van der Waals surface area contributed by atoms with Crippen molar-refractivity contribution in [1.29, 1.82) is 0 Å². The number of rotatable bonds is 7. The van der Waals surface area contributed by atoms with Crippen molar-refractivity contribution in [1.82, 2.24) is 0 Å². The van der Waals surface area contributed by atoms with Crippen LogP contribution in [0.5, 0.6) is 0 Å². The number of hydrogen-bond acceptors (Lipinski definition) is 2. The van der Waals surface area contributed by atoms with Gasteiger partial charge in [-0.05, 0) is 57.3 Å². The van der Waals surface area contributed by atoms with Gasteiger partial charge in [-0.25, -0.2) is 0 Å². The maximum atomic E-state index is 5.68. The van der Waals surface area contributed by atoms with Gasteiger partial charge in [0.15, 0.2) is 0 Å². The Morgan fingerprint density at radius 2 is 1.88 bits per heavy atom. The van der Waals surface area contributed by atoms with Crippen molar-refractivity contribution < 1.29 is 9.47 Å². The van der Waals surface area contributed by atoms with Crippen LogP contribution in [-0.2, 0) is 9.47 Å². The van der Waals surface area contributed by atoms with Crippen LogP contribution in [0.3, 0.4) is 0 Å². The van der Waals surface area contributed by atoms with Gasteiger partial charge in [-0.15, -0.1) is 0 Å². The highest BCUT2D eigenvalue weighted by atomic mass is 28.1. The number of ether oxygens (including phenoxy) is 2. The largest absolute Gasteiger partial charge is 0.355 e. The molecule has 3 heteroatoms. The number of hydrogen-bond donors (Lipinski definition) is 0. The SMILES string of the molecule is CCOC([Si])(CCC1CC2C=CC1C2)OCC. The summed E-state index contributed by atoms with van der Waals surface area (Å²) in [7, 11) is 3.66. The normalized spacial score (nSPS) is 31.4. The van der Waals surface area contributed by atoms with Crippen LogP contribution in [0.2, 0.25) is 0 Å². The highest BCUT2D eigenvalue weighted by Gasteiger charge is 2.37. The van der Waals surface area contributed by atoms with E-state index in [0.717, 1.165) is 24.2 Å². The fourth-order valence-electron chi connectivity index (χ4n) is 3.25. The molecule has 0 N–H and O–H groups in total. The Hall–Kier alpha value is -0.123. The first-order chi connectivity index (χ1) is 8.17. The van der Waals surface area contributed by atoms with E-state index in [4.69, 9.17) is 9.47 Å². The standard InChI is InChI=1S/C14H23O2Si/c1-3-15-14(17,16-4-2)8-7-13-10-11-5-6-12(13)9-11/h5-6,11-13H,3-4,7-10H2,1-2H3. The molecule has 0 heterocycles. The van der Waals surface area contributed by atoms with Gasteiger partial charge in [0.2, 0.25) is 0 Å². The van der Waals surface area contributed by atoms with Crippen molar-refractivity contribution in [2.45, 2.75) is 44.9 Å². The Kier molecular flexibility index (Phi) is 4.45. The van der Waals surface area contributed by atoms with Crippen molar-refractivity contribution in [3.8, 4) is 0 Å². The molecule has 0 aromatic rings. The first-order valence-corrected chi connectivity index (χ1v) is 7.38. The smallest absolute Gasteiger partial charge is 0.144 e. The molecule has 0 saturated heterocycles. The Labute approximate surface area is 108 Å². The lowest BCUT2D eigenvalue weighted by Gasteiger charge is -2.31. The monoisotopic (exact) mass is 251 g/mol. The predicted molar refractivity (Wildman–Crippen MR) is 69.8 cm³/mol. The minimum atomic E-state index is -0.560. The van der Waals surface area contributed by atoms with Gasteiger partial charge in [0, 0.05) is 13.2 Å². The molecule has 17 heavy (non-hydrogen) atoms. The zero-order valence-electron chi connectivity index (χ0n) is 10.9. The molecule has 0 aromatic heterocycles. The molecule has 2 nitrogen and oxygen atoms in total. The molecule has 3 radical (unpaired) electrons. The lowest BCUT2D eigenvalue weighted by Crippen LogP contribution is -2.37. The Balaban J connectivity index is 1.81. The Morgan fingerprint density at radius 3 is 2.35 bits per heavy atom. The Bertz CT molecular complexity index is 271. The number of allylic oxidation sites excluding steroid dienone is 2. The lowest BCUT2D eigenvalue weighted by atomic mass is 9.89. The Morgan fingerprint density at radius 1 is 1.18 bits per heavy atom. The van der Waals surface area contributed by atoms with Crippen LogP contribution in [-0.4, -0.2) is 28.9 Å². The van der Waals surface area contributed by atoms with E-state index < -0.39 is 5.41 Å². The van der Waals surface area contributed by atoms with E-state index >= 15 is 0 Å². The maximum absolute atomic E-state index is 5.68. The van der Waals surface area contributed by atoms with Crippen molar-refractivity contribution in [2.75, 3.05) is 13.2 Å². The zero-order chi connectivity index (χ0) is 12.3. The van der Waals surface area contributed by atoms with Gasteiger partial charge in [-0.3, -0.25) is 0 Å². The molecule has 2 rings (SSSR count).